The lowest BCUT2D eigenvalue weighted by atomic mass is 9.92. The Morgan fingerprint density at radius 1 is 1.32 bits per heavy atom. The van der Waals surface area contributed by atoms with Gasteiger partial charge in [0.25, 0.3) is 17.7 Å². The lowest BCUT2D eigenvalue weighted by Gasteiger charge is -2.30. The average molecular weight is 473 g/mol. The first-order chi connectivity index (χ1) is 16.5. The third-order valence-corrected chi connectivity index (χ3v) is 6.65. The highest BCUT2D eigenvalue weighted by atomic mass is 16.5. The number of aromatic nitrogens is 2. The topological polar surface area (TPSA) is 110 Å². The van der Waals surface area contributed by atoms with Gasteiger partial charge in [-0.2, -0.15) is 4.98 Å². The van der Waals surface area contributed by atoms with Crippen LogP contribution < -0.4 is 15.0 Å². The third-order valence-electron chi connectivity index (χ3n) is 6.65. The Balaban J connectivity index is 1.15. The highest BCUT2D eigenvalue weighted by molar-refractivity contribution is 5.95. The minimum atomic E-state index is -0.272. The number of piperidine rings is 1. The van der Waals surface area contributed by atoms with E-state index in [9.17, 15) is 4.79 Å². The van der Waals surface area contributed by atoms with Crippen molar-refractivity contribution in [3.05, 3.63) is 35.2 Å². The SMILES string of the molecule is Cc1cc(OCCCC2CCN(c3noc([C@@H]4CCCO4)n3)CC2)ccc1C(=O)N[C@H](C)CO. The normalized spacial score (nSPS) is 19.9. The van der Waals surface area contributed by atoms with Gasteiger partial charge in [0.05, 0.1) is 13.2 Å². The van der Waals surface area contributed by atoms with Crippen molar-refractivity contribution in [2.24, 2.45) is 5.92 Å². The van der Waals surface area contributed by atoms with Crippen LogP contribution in [0.2, 0.25) is 0 Å². The predicted octanol–water partition coefficient (Wildman–Crippen LogP) is 3.42. The summed E-state index contributed by atoms with van der Waals surface area (Å²) in [6.45, 7) is 6.88. The molecule has 0 unspecified atom stereocenters. The van der Waals surface area contributed by atoms with Crippen molar-refractivity contribution in [2.75, 3.05) is 37.8 Å². The Morgan fingerprint density at radius 2 is 2.15 bits per heavy atom. The Kier molecular flexibility index (Phi) is 8.39. The van der Waals surface area contributed by atoms with Crippen LogP contribution in [0.1, 0.15) is 73.4 Å². The molecule has 0 radical (unpaired) electrons. The summed E-state index contributed by atoms with van der Waals surface area (Å²) in [6.07, 6.45) is 6.30. The van der Waals surface area contributed by atoms with Crippen LogP contribution in [0.25, 0.3) is 0 Å². The minimum absolute atomic E-state index is 0.0362. The summed E-state index contributed by atoms with van der Waals surface area (Å²) in [4.78, 5) is 19.0. The van der Waals surface area contributed by atoms with Crippen molar-refractivity contribution < 1.29 is 23.9 Å². The molecule has 1 aromatic heterocycles. The number of rotatable bonds is 10. The quantitative estimate of drug-likeness (QED) is 0.506. The molecule has 2 fully saturated rings. The van der Waals surface area contributed by atoms with E-state index in [4.69, 9.17) is 19.1 Å². The number of aliphatic hydroxyl groups excluding tert-OH is 1. The number of hydrogen-bond donors (Lipinski definition) is 2. The average Bonchev–Trinajstić information content (AvgIpc) is 3.54. The zero-order chi connectivity index (χ0) is 23.9. The van der Waals surface area contributed by atoms with E-state index in [1.165, 1.54) is 0 Å². The van der Waals surface area contributed by atoms with E-state index in [2.05, 4.69) is 20.4 Å². The molecule has 9 nitrogen and oxygen atoms in total. The molecule has 34 heavy (non-hydrogen) atoms. The Hall–Kier alpha value is -2.65. The zero-order valence-electron chi connectivity index (χ0n) is 20.2. The smallest absolute Gasteiger partial charge is 0.266 e. The standard InChI is InChI=1S/C25H36N4O5/c1-17-15-20(7-8-21(17)23(31)26-18(2)16-30)32-13-3-5-19-9-11-29(12-10-19)25-27-24(34-28-25)22-6-4-14-33-22/h7-8,15,18-19,22,30H,3-6,9-14,16H2,1-2H3,(H,26,31)/t18-,22+/m1/s1. The highest BCUT2D eigenvalue weighted by Gasteiger charge is 2.27. The number of nitrogens with zero attached hydrogens (tertiary/aromatic N) is 3. The monoisotopic (exact) mass is 472 g/mol. The Labute approximate surface area is 200 Å². The van der Waals surface area contributed by atoms with Gasteiger partial charge in [-0.15, -0.1) is 0 Å². The molecule has 0 spiro atoms. The summed E-state index contributed by atoms with van der Waals surface area (Å²) in [5.41, 5.74) is 1.46. The second kappa shape index (κ2) is 11.7. The van der Waals surface area contributed by atoms with Gasteiger partial charge < -0.3 is 29.3 Å². The molecule has 2 N–H and O–H groups in total. The number of nitrogens with one attached hydrogen (secondary N) is 1. The molecular formula is C25H36N4O5. The predicted molar refractivity (Wildman–Crippen MR) is 127 cm³/mol. The molecule has 186 valence electrons. The molecule has 2 aliphatic heterocycles. The summed E-state index contributed by atoms with van der Waals surface area (Å²) in [5, 5.41) is 16.0. The van der Waals surface area contributed by atoms with Gasteiger partial charge in [-0.1, -0.05) is 0 Å². The van der Waals surface area contributed by atoms with Gasteiger partial charge in [-0.25, -0.2) is 0 Å². The fourth-order valence-electron chi connectivity index (χ4n) is 4.57. The van der Waals surface area contributed by atoms with Gasteiger partial charge in [-0.3, -0.25) is 4.79 Å². The zero-order valence-corrected chi connectivity index (χ0v) is 20.2. The van der Waals surface area contributed by atoms with Crippen molar-refractivity contribution in [3.8, 4) is 5.75 Å². The number of benzene rings is 1. The van der Waals surface area contributed by atoms with E-state index in [0.29, 0.717) is 29.9 Å². The number of carbonyl (C=O) groups excluding carboxylic acids is 1. The van der Waals surface area contributed by atoms with Crippen LogP contribution in [0, 0.1) is 12.8 Å². The molecule has 2 saturated heterocycles. The van der Waals surface area contributed by atoms with Crippen LogP contribution in [-0.4, -0.2) is 60.1 Å². The van der Waals surface area contributed by atoms with Crippen molar-refractivity contribution in [3.63, 3.8) is 0 Å². The van der Waals surface area contributed by atoms with Gasteiger partial charge in [0, 0.05) is 31.3 Å². The maximum absolute atomic E-state index is 12.3. The van der Waals surface area contributed by atoms with Gasteiger partial charge in [0.1, 0.15) is 11.9 Å². The number of carbonyl (C=O) groups is 1. The van der Waals surface area contributed by atoms with E-state index < -0.39 is 0 Å². The fourth-order valence-corrected chi connectivity index (χ4v) is 4.57. The van der Waals surface area contributed by atoms with Gasteiger partial charge >= 0.3 is 0 Å². The number of ether oxygens (including phenoxy) is 2. The Morgan fingerprint density at radius 3 is 2.85 bits per heavy atom. The van der Waals surface area contributed by atoms with Crippen LogP contribution in [0.3, 0.4) is 0 Å². The molecule has 2 atom stereocenters. The fraction of sp³-hybridized carbons (Fsp3) is 0.640. The number of amides is 1. The first-order valence-corrected chi connectivity index (χ1v) is 12.4. The molecule has 0 saturated carbocycles. The first kappa shape index (κ1) is 24.5. The summed E-state index contributed by atoms with van der Waals surface area (Å²) in [5.74, 6) is 2.56. The van der Waals surface area contributed by atoms with E-state index in [-0.39, 0.29) is 24.7 Å². The number of hydrogen-bond acceptors (Lipinski definition) is 8. The lowest BCUT2D eigenvalue weighted by Crippen LogP contribution is -2.35. The molecular weight excluding hydrogens is 436 g/mol. The first-order valence-electron chi connectivity index (χ1n) is 12.4. The molecule has 9 heteroatoms. The van der Waals surface area contributed by atoms with Crippen LogP contribution in [-0.2, 0) is 4.74 Å². The largest absolute Gasteiger partial charge is 0.494 e. The Bertz CT molecular complexity index is 935. The number of aliphatic hydroxyl groups is 1. The second-order valence-electron chi connectivity index (χ2n) is 9.39. The molecule has 1 aromatic carbocycles. The van der Waals surface area contributed by atoms with Crippen molar-refractivity contribution in [2.45, 2.75) is 64.5 Å². The van der Waals surface area contributed by atoms with Crippen LogP contribution in [0.4, 0.5) is 5.95 Å². The summed E-state index contributed by atoms with van der Waals surface area (Å²) >= 11 is 0. The molecule has 1 amide bonds. The summed E-state index contributed by atoms with van der Waals surface area (Å²) in [6, 6.07) is 5.24. The molecule has 4 rings (SSSR count). The van der Waals surface area contributed by atoms with Gasteiger partial charge in [-0.05, 0) is 87.2 Å². The van der Waals surface area contributed by atoms with Crippen LogP contribution in [0.15, 0.2) is 22.7 Å². The van der Waals surface area contributed by atoms with E-state index in [1.54, 1.807) is 13.0 Å². The van der Waals surface area contributed by atoms with Crippen molar-refractivity contribution in [1.82, 2.24) is 15.5 Å². The molecule has 3 heterocycles. The maximum atomic E-state index is 12.3. The lowest BCUT2D eigenvalue weighted by molar-refractivity contribution is 0.0835. The molecule has 2 aliphatic rings. The summed E-state index contributed by atoms with van der Waals surface area (Å²) < 4.78 is 17.0. The highest BCUT2D eigenvalue weighted by Crippen LogP contribution is 2.30. The number of anilines is 1. The van der Waals surface area contributed by atoms with Gasteiger partial charge in [0.2, 0.25) is 0 Å². The van der Waals surface area contributed by atoms with E-state index in [0.717, 1.165) is 69.5 Å². The van der Waals surface area contributed by atoms with E-state index >= 15 is 0 Å². The molecule has 0 aliphatic carbocycles. The van der Waals surface area contributed by atoms with Crippen molar-refractivity contribution >= 4 is 11.9 Å². The van der Waals surface area contributed by atoms with Gasteiger partial charge in [0.15, 0.2) is 0 Å². The molecule has 2 aromatic rings. The van der Waals surface area contributed by atoms with Crippen molar-refractivity contribution in [1.29, 1.82) is 0 Å². The van der Waals surface area contributed by atoms with Crippen LogP contribution in [0.5, 0.6) is 5.75 Å². The third kappa shape index (κ3) is 6.27. The molecule has 0 bridgehead atoms. The van der Waals surface area contributed by atoms with Crippen LogP contribution >= 0.6 is 0 Å². The number of aryl methyl sites for hydroxylation is 1. The summed E-state index contributed by atoms with van der Waals surface area (Å²) in [7, 11) is 0. The van der Waals surface area contributed by atoms with E-state index in [1.807, 2.05) is 19.1 Å². The minimum Gasteiger partial charge on any atom is -0.494 e. The maximum Gasteiger partial charge on any atom is 0.266 e. The second-order valence-corrected chi connectivity index (χ2v) is 9.39.